The van der Waals surface area contributed by atoms with Crippen LogP contribution in [0.25, 0.3) is 11.1 Å². The summed E-state index contributed by atoms with van der Waals surface area (Å²) in [5.41, 5.74) is 4.58. The van der Waals surface area contributed by atoms with Crippen molar-refractivity contribution in [1.29, 1.82) is 0 Å². The molecule has 6 aromatic carbocycles. The van der Waals surface area contributed by atoms with Gasteiger partial charge in [-0.25, -0.2) is 0 Å². The first-order valence-corrected chi connectivity index (χ1v) is 15.5. The third-order valence-corrected chi connectivity index (χ3v) is 11.6. The van der Waals surface area contributed by atoms with E-state index in [1.165, 1.54) is 19.6 Å². The van der Waals surface area contributed by atoms with E-state index >= 15 is 0 Å². The van der Waals surface area contributed by atoms with Gasteiger partial charge in [-0.3, -0.25) is 0 Å². The zero-order valence-electron chi connectivity index (χ0n) is 23.6. The van der Waals surface area contributed by atoms with E-state index < -0.39 is 10.0 Å². The molecule has 0 atom stereocenters. The average Bonchev–Trinajstić information content (AvgIpc) is 3.07. The van der Waals surface area contributed by atoms with Gasteiger partial charge in [0.2, 0.25) is 0 Å². The van der Waals surface area contributed by atoms with Crippen molar-refractivity contribution in [2.24, 2.45) is 0 Å². The lowest BCUT2D eigenvalue weighted by molar-refractivity contribution is 1.24. The minimum Gasteiger partial charge on any atom is -0.357 e. The zero-order chi connectivity index (χ0) is 30.0. The van der Waals surface area contributed by atoms with Crippen LogP contribution in [0.1, 0.15) is 0 Å². The third kappa shape index (κ3) is 5.28. The molecule has 0 spiro atoms. The fraction of sp³-hybridized carbons (Fsp3) is 0. The van der Waals surface area contributed by atoms with Crippen LogP contribution in [0.2, 0.25) is 0 Å². The summed E-state index contributed by atoms with van der Waals surface area (Å²) in [5.74, 6) is 0. The van der Waals surface area contributed by atoms with Crippen LogP contribution in [0, 0.1) is 0 Å². The Bertz CT molecular complexity index is 1740. The molecule has 0 saturated heterocycles. The molecule has 7 heteroatoms. The fourth-order valence-corrected chi connectivity index (χ4v) is 9.29. The Balaban J connectivity index is 1.38. The summed E-state index contributed by atoms with van der Waals surface area (Å²) in [6.45, 7) is 0. The van der Waals surface area contributed by atoms with Crippen molar-refractivity contribution in [3.63, 3.8) is 0 Å². The second-order valence-corrected chi connectivity index (χ2v) is 13.3. The number of hydrogen-bond acceptors (Lipinski definition) is 1. The minimum absolute atomic E-state index is 0.192. The van der Waals surface area contributed by atoms with Crippen molar-refractivity contribution >= 4 is 87.9 Å². The number of rotatable bonds is 7. The summed E-state index contributed by atoms with van der Waals surface area (Å²) in [7, 11) is 28.7. The molecule has 0 aliphatic rings. The van der Waals surface area contributed by atoms with Crippen LogP contribution in [0.4, 0.5) is 11.4 Å². The maximum absolute atomic E-state index is 6.20. The molecule has 10 radical (unpaired) electrons. The zero-order valence-corrected chi connectivity index (χ0v) is 24.4. The first-order valence-electron chi connectivity index (χ1n) is 13.9. The van der Waals surface area contributed by atoms with Crippen LogP contribution in [0.3, 0.4) is 0 Å². The molecule has 0 amide bonds. The van der Waals surface area contributed by atoms with E-state index in [1.807, 2.05) is 12.1 Å². The number of hydrogen-bond donors (Lipinski definition) is 1. The predicted octanol–water partition coefficient (Wildman–Crippen LogP) is 4.41. The van der Waals surface area contributed by atoms with Gasteiger partial charge in [0.05, 0.1) is 0 Å². The molecule has 0 heterocycles. The van der Waals surface area contributed by atoms with Crippen molar-refractivity contribution in [3.05, 3.63) is 140 Å². The van der Waals surface area contributed by atoms with Crippen LogP contribution in [-0.2, 0) is 0 Å². The molecule has 43 heavy (non-hydrogen) atoms. The number of benzene rings is 6. The third-order valence-electron chi connectivity index (χ3n) is 7.69. The van der Waals surface area contributed by atoms with Crippen LogP contribution < -0.4 is 32.6 Å². The highest BCUT2D eigenvalue weighted by atomic mass is 32.3. The van der Waals surface area contributed by atoms with Gasteiger partial charge < -0.3 is 5.32 Å². The minimum atomic E-state index is -1.73. The predicted molar refractivity (Wildman–Crippen MR) is 189 cm³/mol. The highest BCUT2D eigenvalue weighted by molar-refractivity contribution is 8.34. The van der Waals surface area contributed by atoms with Crippen LogP contribution in [0.15, 0.2) is 159 Å². The highest BCUT2D eigenvalue weighted by Gasteiger charge is 2.33. The molecule has 0 bridgehead atoms. The molecular formula is C36H24B5NS. The van der Waals surface area contributed by atoms with E-state index in [9.17, 15) is 0 Å². The van der Waals surface area contributed by atoms with Gasteiger partial charge in [-0.05, 0) is 71.8 Å². The Kier molecular flexibility index (Phi) is 8.19. The fourth-order valence-electron chi connectivity index (χ4n) is 5.42. The molecule has 194 valence electrons. The van der Waals surface area contributed by atoms with Gasteiger partial charge in [-0.1, -0.05) is 89.8 Å². The van der Waals surface area contributed by atoms with Crippen LogP contribution in [-0.4, -0.2) is 39.2 Å². The van der Waals surface area contributed by atoms with Gasteiger partial charge >= 0.3 is 0 Å². The van der Waals surface area contributed by atoms with E-state index in [4.69, 9.17) is 39.2 Å². The maximum Gasteiger partial charge on any atom is 0.115 e. The molecular weight excluding hydrogens is 533 g/mol. The van der Waals surface area contributed by atoms with E-state index in [0.717, 1.165) is 16.8 Å². The summed E-state index contributed by atoms with van der Waals surface area (Å²) in [5, 5.41) is 3.25. The smallest absolute Gasteiger partial charge is 0.115 e. The Hall–Kier alpha value is -4.21. The Morgan fingerprint density at radius 3 is 1.07 bits per heavy atom. The lowest BCUT2D eigenvalue weighted by Gasteiger charge is -2.42. The Morgan fingerprint density at radius 1 is 0.349 bits per heavy atom. The summed E-state index contributed by atoms with van der Waals surface area (Å²) < 4.78 is 0. The molecule has 0 aliphatic heterocycles. The van der Waals surface area contributed by atoms with Gasteiger partial charge in [0.15, 0.2) is 0 Å². The topological polar surface area (TPSA) is 12.0 Å². The van der Waals surface area contributed by atoms with Gasteiger partial charge in [0.25, 0.3) is 0 Å². The summed E-state index contributed by atoms with van der Waals surface area (Å²) in [6.07, 6.45) is 0. The highest BCUT2D eigenvalue weighted by Crippen LogP contribution is 2.73. The van der Waals surface area contributed by atoms with Gasteiger partial charge in [0, 0.05) is 31.0 Å². The summed E-state index contributed by atoms with van der Waals surface area (Å²) >= 11 is 0. The van der Waals surface area contributed by atoms with E-state index in [2.05, 4.69) is 133 Å². The largest absolute Gasteiger partial charge is 0.357 e. The van der Waals surface area contributed by atoms with E-state index in [1.54, 1.807) is 0 Å². The quantitative estimate of drug-likeness (QED) is 0.288. The maximum atomic E-state index is 6.20. The normalized spacial score (nSPS) is 11.6. The molecule has 6 rings (SSSR count). The Morgan fingerprint density at radius 2 is 0.674 bits per heavy atom. The SMILES string of the molecule is [B]c1c([B])c([B])c(Nc2ccc(-c3ccc(S(c4ccccc4)(c4ccccc4)c4ccccc4)cc3)cc2)c([B])c1[B]. The number of nitrogens with one attached hydrogen (secondary N) is 1. The average molecular weight is 557 g/mol. The van der Waals surface area contributed by atoms with Gasteiger partial charge in [0.1, 0.15) is 39.2 Å². The van der Waals surface area contributed by atoms with Crippen LogP contribution >= 0.6 is 10.0 Å². The molecule has 1 nitrogen and oxygen atoms in total. The molecule has 0 aliphatic carbocycles. The molecule has 1 N–H and O–H groups in total. The first-order chi connectivity index (χ1) is 20.9. The molecule has 0 saturated carbocycles. The summed E-state index contributed by atoms with van der Waals surface area (Å²) in [6, 6.07) is 49.5. The second kappa shape index (κ2) is 12.2. The Labute approximate surface area is 262 Å². The van der Waals surface area contributed by atoms with Crippen molar-refractivity contribution in [2.45, 2.75) is 19.6 Å². The standard InChI is InChI=1S/C36H24B5NS/c37-31-32(38)34(40)36(35(41)33(31)39)42-26-20-16-24(17-21-26)25-18-22-30(23-19-25)43(27-10-4-1-5-11-27,28-12-6-2-7-13-28)29-14-8-3-9-15-29/h1-23,42H. The van der Waals surface area contributed by atoms with Gasteiger partial charge in [-0.15, -0.1) is 26.4 Å². The van der Waals surface area contributed by atoms with Crippen molar-refractivity contribution in [3.8, 4) is 11.1 Å². The van der Waals surface area contributed by atoms with Gasteiger partial charge in [-0.2, -0.15) is 0 Å². The van der Waals surface area contributed by atoms with Crippen LogP contribution in [0.5, 0.6) is 0 Å². The molecule has 6 aromatic rings. The van der Waals surface area contributed by atoms with Crippen molar-refractivity contribution < 1.29 is 0 Å². The first kappa shape index (κ1) is 28.9. The molecule has 0 fully saturated rings. The van der Waals surface area contributed by atoms with E-state index in [-0.39, 0.29) is 27.3 Å². The molecule has 0 aromatic heterocycles. The lowest BCUT2D eigenvalue weighted by atomic mass is 9.61. The monoisotopic (exact) mass is 557 g/mol. The summed E-state index contributed by atoms with van der Waals surface area (Å²) in [4.78, 5) is 5.14. The van der Waals surface area contributed by atoms with E-state index in [0.29, 0.717) is 5.69 Å². The van der Waals surface area contributed by atoms with Crippen molar-refractivity contribution in [2.75, 3.05) is 5.32 Å². The number of anilines is 2. The lowest BCUT2D eigenvalue weighted by Crippen LogP contribution is -2.55. The van der Waals surface area contributed by atoms with Crippen molar-refractivity contribution in [1.82, 2.24) is 0 Å². The molecule has 0 unspecified atom stereocenters. The second-order valence-electron chi connectivity index (χ2n) is 10.2.